The molecule has 0 aliphatic carbocycles. The number of hydrogen-bond donors (Lipinski definition) is 2. The molecular weight excluding hydrogens is 562 g/mol. The molecule has 0 spiro atoms. The minimum absolute atomic E-state index is 0.182. The van der Waals surface area contributed by atoms with Crippen LogP contribution in [0.5, 0.6) is 0 Å². The van der Waals surface area contributed by atoms with Crippen LogP contribution < -0.4 is 10.6 Å². The summed E-state index contributed by atoms with van der Waals surface area (Å²) in [6.45, 7) is 13.9. The molecule has 2 N–H and O–H groups in total. The van der Waals surface area contributed by atoms with Gasteiger partial charge in [0.15, 0.2) is 0 Å². The maximum atomic E-state index is 14.6. The molecule has 0 bridgehead atoms. The highest BCUT2D eigenvalue weighted by Gasteiger charge is 2.38. The minimum Gasteiger partial charge on any atom is -0.444 e. The van der Waals surface area contributed by atoms with E-state index in [1.165, 1.54) is 6.42 Å². The summed E-state index contributed by atoms with van der Waals surface area (Å²) in [6, 6.07) is 19.8. The van der Waals surface area contributed by atoms with Gasteiger partial charge in [-0.1, -0.05) is 114 Å². The van der Waals surface area contributed by atoms with E-state index < -0.39 is 23.8 Å². The van der Waals surface area contributed by atoms with Crippen molar-refractivity contribution in [3.8, 4) is 0 Å². The van der Waals surface area contributed by atoms with Crippen molar-refractivity contribution in [2.24, 2.45) is 5.92 Å². The average Bonchev–Trinajstić information content (AvgIpc) is 3.00. The van der Waals surface area contributed by atoms with Gasteiger partial charge < -0.3 is 20.3 Å². The highest BCUT2D eigenvalue weighted by Crippen LogP contribution is 2.29. The lowest BCUT2D eigenvalue weighted by Crippen LogP contribution is -2.55. The lowest BCUT2D eigenvalue weighted by molar-refractivity contribution is -0.142. The van der Waals surface area contributed by atoms with Crippen molar-refractivity contribution in [2.45, 2.75) is 111 Å². The molecule has 0 saturated heterocycles. The Morgan fingerprint density at radius 2 is 1.49 bits per heavy atom. The Morgan fingerprint density at radius 1 is 0.844 bits per heavy atom. The zero-order valence-corrected chi connectivity index (χ0v) is 28.3. The number of fused-ring (bicyclic) bond motifs is 1. The van der Waals surface area contributed by atoms with Crippen molar-refractivity contribution in [2.75, 3.05) is 11.9 Å². The van der Waals surface area contributed by atoms with Gasteiger partial charge in [0, 0.05) is 12.2 Å². The molecule has 0 aliphatic heterocycles. The predicted molar refractivity (Wildman–Crippen MR) is 184 cm³/mol. The summed E-state index contributed by atoms with van der Waals surface area (Å²) < 4.78 is 5.55. The molecule has 3 rings (SSSR count). The standard InChI is InChI=1S/C38H53N3O4/c1-8-10-11-12-13-18-25-41(36(43)33(27(3)9-2)40-37(44)45-38(5,6)7)34(32-22-17-14-19-28(32)4)35(42)39-31-24-23-29-20-15-16-21-30(29)26-31/h14-17,19-24,26-27,33-34H,8-13,18,25H2,1-7H3,(H,39,42)(H,40,44). The van der Waals surface area contributed by atoms with Crippen molar-refractivity contribution in [3.05, 3.63) is 77.9 Å². The number of alkyl carbamates (subject to hydrolysis) is 1. The largest absolute Gasteiger partial charge is 0.444 e. The van der Waals surface area contributed by atoms with Crippen LogP contribution >= 0.6 is 0 Å². The van der Waals surface area contributed by atoms with Gasteiger partial charge in [-0.15, -0.1) is 0 Å². The van der Waals surface area contributed by atoms with Crippen molar-refractivity contribution in [1.82, 2.24) is 10.2 Å². The van der Waals surface area contributed by atoms with Crippen LogP contribution in [0.15, 0.2) is 66.7 Å². The fourth-order valence-corrected chi connectivity index (χ4v) is 5.55. The third kappa shape index (κ3) is 10.6. The quantitative estimate of drug-likeness (QED) is 0.167. The summed E-state index contributed by atoms with van der Waals surface area (Å²) in [4.78, 5) is 43.7. The molecule has 3 unspecified atom stereocenters. The first-order chi connectivity index (χ1) is 21.4. The first-order valence-electron chi connectivity index (χ1n) is 16.6. The van der Waals surface area contributed by atoms with E-state index in [9.17, 15) is 14.4 Å². The van der Waals surface area contributed by atoms with Gasteiger partial charge in [0.2, 0.25) is 5.91 Å². The van der Waals surface area contributed by atoms with E-state index >= 15 is 0 Å². The summed E-state index contributed by atoms with van der Waals surface area (Å²) in [7, 11) is 0. The maximum Gasteiger partial charge on any atom is 0.408 e. The first-order valence-corrected chi connectivity index (χ1v) is 16.6. The van der Waals surface area contributed by atoms with Gasteiger partial charge >= 0.3 is 6.09 Å². The summed E-state index contributed by atoms with van der Waals surface area (Å²) >= 11 is 0. The van der Waals surface area contributed by atoms with Gasteiger partial charge in [0.05, 0.1) is 0 Å². The lowest BCUT2D eigenvalue weighted by Gasteiger charge is -2.36. The van der Waals surface area contributed by atoms with Gasteiger partial charge in [-0.2, -0.15) is 0 Å². The van der Waals surface area contributed by atoms with Crippen molar-refractivity contribution < 1.29 is 19.1 Å². The summed E-state index contributed by atoms with van der Waals surface area (Å²) in [6.07, 6.45) is 6.26. The molecule has 0 radical (unpaired) electrons. The van der Waals surface area contributed by atoms with E-state index in [0.717, 1.165) is 54.0 Å². The zero-order chi connectivity index (χ0) is 33.0. The number of rotatable bonds is 15. The van der Waals surface area contributed by atoms with Crippen LogP contribution in [-0.4, -0.2) is 41.0 Å². The second kappa shape index (κ2) is 17.0. The Bertz CT molecular complexity index is 1410. The smallest absolute Gasteiger partial charge is 0.408 e. The number of nitrogens with zero attached hydrogens (tertiary/aromatic N) is 1. The second-order valence-electron chi connectivity index (χ2n) is 13.1. The number of carbonyl (C=O) groups excluding carboxylic acids is 3. The predicted octanol–water partition coefficient (Wildman–Crippen LogP) is 8.96. The highest BCUT2D eigenvalue weighted by molar-refractivity contribution is 6.00. The van der Waals surface area contributed by atoms with Gasteiger partial charge in [-0.05, 0) is 74.1 Å². The van der Waals surface area contributed by atoms with Crippen molar-refractivity contribution in [1.29, 1.82) is 0 Å². The van der Waals surface area contributed by atoms with Crippen LogP contribution in [0.3, 0.4) is 0 Å². The Kier molecular flexibility index (Phi) is 13.4. The van der Waals surface area contributed by atoms with Gasteiger partial charge in [-0.3, -0.25) is 9.59 Å². The fraction of sp³-hybridized carbons (Fsp3) is 0.500. The van der Waals surface area contributed by atoms with Crippen molar-refractivity contribution >= 4 is 34.4 Å². The molecule has 45 heavy (non-hydrogen) atoms. The number of hydrogen-bond acceptors (Lipinski definition) is 4. The van der Waals surface area contributed by atoms with E-state index in [2.05, 4.69) is 17.6 Å². The zero-order valence-electron chi connectivity index (χ0n) is 28.3. The summed E-state index contributed by atoms with van der Waals surface area (Å²) in [5, 5.41) is 8.09. The molecule has 7 heteroatoms. The second-order valence-corrected chi connectivity index (χ2v) is 13.1. The monoisotopic (exact) mass is 615 g/mol. The number of ether oxygens (including phenoxy) is 1. The van der Waals surface area contributed by atoms with E-state index in [-0.39, 0.29) is 17.7 Å². The molecule has 0 saturated carbocycles. The van der Waals surface area contributed by atoms with Gasteiger partial charge in [-0.25, -0.2) is 4.79 Å². The number of carbonyl (C=O) groups is 3. The van der Waals surface area contributed by atoms with E-state index in [1.54, 1.807) is 25.7 Å². The molecule has 3 aromatic carbocycles. The number of benzene rings is 3. The Hall–Kier alpha value is -3.87. The Labute approximate surface area is 270 Å². The van der Waals surface area contributed by atoms with Crippen molar-refractivity contribution in [3.63, 3.8) is 0 Å². The molecule has 0 heterocycles. The Morgan fingerprint density at radius 3 is 2.16 bits per heavy atom. The lowest BCUT2D eigenvalue weighted by atomic mass is 9.94. The first kappa shape index (κ1) is 35.6. The van der Waals surface area contributed by atoms with Crippen LogP contribution in [0.4, 0.5) is 10.5 Å². The molecule has 7 nitrogen and oxygen atoms in total. The van der Waals surface area contributed by atoms with Crippen LogP contribution in [-0.2, 0) is 14.3 Å². The number of anilines is 1. The number of amides is 3. The van der Waals surface area contributed by atoms with Gasteiger partial charge in [0.1, 0.15) is 17.7 Å². The normalized spacial score (nSPS) is 13.5. The third-order valence-corrected chi connectivity index (χ3v) is 8.25. The number of aryl methyl sites for hydroxylation is 1. The topological polar surface area (TPSA) is 87.7 Å². The van der Waals surface area contributed by atoms with Crippen LogP contribution in [0, 0.1) is 12.8 Å². The minimum atomic E-state index is -0.896. The van der Waals surface area contributed by atoms with E-state index in [1.807, 2.05) is 87.5 Å². The van der Waals surface area contributed by atoms with Gasteiger partial charge in [0.25, 0.3) is 5.91 Å². The highest BCUT2D eigenvalue weighted by atomic mass is 16.6. The maximum absolute atomic E-state index is 14.6. The molecular formula is C38H53N3O4. The molecule has 3 aromatic rings. The SMILES string of the molecule is CCCCCCCCN(C(=O)C(NC(=O)OC(C)(C)C)C(C)CC)C(C(=O)Nc1ccc2ccccc2c1)c1ccccc1C. The average molecular weight is 616 g/mol. The van der Waals surface area contributed by atoms with Crippen LogP contribution in [0.2, 0.25) is 0 Å². The Balaban J connectivity index is 2.03. The molecule has 244 valence electrons. The van der Waals surface area contributed by atoms with E-state index in [0.29, 0.717) is 18.7 Å². The third-order valence-electron chi connectivity index (χ3n) is 8.25. The number of unbranched alkanes of at least 4 members (excludes halogenated alkanes) is 5. The molecule has 3 atom stereocenters. The molecule has 0 aromatic heterocycles. The summed E-state index contributed by atoms with van der Waals surface area (Å²) in [5.74, 6) is -0.761. The molecule has 0 aliphatic rings. The number of nitrogens with one attached hydrogen (secondary N) is 2. The molecule has 3 amide bonds. The summed E-state index contributed by atoms with van der Waals surface area (Å²) in [5.41, 5.74) is 1.62. The van der Waals surface area contributed by atoms with E-state index in [4.69, 9.17) is 4.74 Å². The molecule has 0 fully saturated rings. The van der Waals surface area contributed by atoms with Crippen LogP contribution in [0.1, 0.15) is 104 Å². The fourth-order valence-electron chi connectivity index (χ4n) is 5.55. The van der Waals surface area contributed by atoms with Crippen LogP contribution in [0.25, 0.3) is 10.8 Å².